The van der Waals surface area contributed by atoms with Gasteiger partial charge in [0.2, 0.25) is 5.91 Å². The van der Waals surface area contributed by atoms with E-state index in [1.54, 1.807) is 12.1 Å². The Morgan fingerprint density at radius 2 is 2.03 bits per heavy atom. The van der Waals surface area contributed by atoms with Crippen molar-refractivity contribution in [1.82, 2.24) is 10.2 Å². The minimum atomic E-state index is -1.11. The fourth-order valence-electron chi connectivity index (χ4n) is 3.61. The lowest BCUT2D eigenvalue weighted by atomic mass is 10.0. The summed E-state index contributed by atoms with van der Waals surface area (Å²) in [6, 6.07) is 2.23. The molecule has 8 nitrogen and oxygen atoms in total. The Morgan fingerprint density at radius 1 is 1.24 bits per heavy atom. The molecule has 1 saturated heterocycles. The maximum atomic E-state index is 13.1. The van der Waals surface area contributed by atoms with Gasteiger partial charge in [0.1, 0.15) is 12.1 Å². The lowest BCUT2D eigenvalue weighted by Crippen LogP contribution is -2.54. The highest BCUT2D eigenvalue weighted by atomic mass is 16.4. The van der Waals surface area contributed by atoms with Gasteiger partial charge in [-0.2, -0.15) is 0 Å². The third-order valence-electron chi connectivity index (χ3n) is 5.19. The number of carboxylic acids is 2. The highest BCUT2D eigenvalue weighted by Gasteiger charge is 2.38. The fourth-order valence-corrected chi connectivity index (χ4v) is 3.61. The number of carbonyl (C=O) groups excluding carboxylic acids is 1. The van der Waals surface area contributed by atoms with E-state index in [1.165, 1.54) is 11.0 Å². The molecule has 0 spiro atoms. The van der Waals surface area contributed by atoms with Gasteiger partial charge in [-0.1, -0.05) is 36.7 Å². The van der Waals surface area contributed by atoms with Gasteiger partial charge in [-0.3, -0.25) is 14.9 Å². The van der Waals surface area contributed by atoms with Gasteiger partial charge in [-0.05, 0) is 50.6 Å². The minimum absolute atomic E-state index is 0.154. The molecule has 29 heavy (non-hydrogen) atoms. The van der Waals surface area contributed by atoms with Crippen LogP contribution in [0.1, 0.15) is 46.8 Å². The SMILES string of the molecule is [3H]c1ccc(CC[C@H](NC(CCCCN)C(=O)N2CCC[C@H]2C(=O)O)C(=O)O)c([3H])c1. The number of benzene rings is 1. The molecule has 1 heterocycles. The van der Waals surface area contributed by atoms with Crippen molar-refractivity contribution in [1.29, 1.82) is 0 Å². The Hall–Kier alpha value is -2.45. The molecule has 2 rings (SSSR count). The van der Waals surface area contributed by atoms with Crippen LogP contribution in [0.4, 0.5) is 0 Å². The van der Waals surface area contributed by atoms with Crippen LogP contribution in [-0.4, -0.2) is 64.2 Å². The van der Waals surface area contributed by atoms with Crippen LogP contribution >= 0.6 is 0 Å². The predicted molar refractivity (Wildman–Crippen MR) is 108 cm³/mol. The molecular formula is C21H31N3O5. The number of nitrogens with one attached hydrogen (secondary N) is 1. The summed E-state index contributed by atoms with van der Waals surface area (Å²) < 4.78 is 15.5. The maximum Gasteiger partial charge on any atom is 0.326 e. The molecule has 5 N–H and O–H groups in total. The quantitative estimate of drug-likeness (QED) is 0.382. The highest BCUT2D eigenvalue weighted by Crippen LogP contribution is 2.20. The van der Waals surface area contributed by atoms with Crippen LogP contribution in [0.15, 0.2) is 30.3 Å². The number of likely N-dealkylation sites (tertiary alicyclic amines) is 1. The molecule has 0 saturated carbocycles. The van der Waals surface area contributed by atoms with Crippen LogP contribution in [0.2, 0.25) is 0 Å². The monoisotopic (exact) mass is 409 g/mol. The average Bonchev–Trinajstić information content (AvgIpc) is 3.20. The number of nitrogens with zero attached hydrogens (tertiary/aromatic N) is 1. The minimum Gasteiger partial charge on any atom is -0.480 e. The molecule has 1 fully saturated rings. The van der Waals surface area contributed by atoms with Gasteiger partial charge in [0.15, 0.2) is 0 Å². The Morgan fingerprint density at radius 3 is 2.69 bits per heavy atom. The Labute approximate surface area is 173 Å². The van der Waals surface area contributed by atoms with E-state index in [2.05, 4.69) is 5.32 Å². The zero-order chi connectivity index (χ0) is 23.0. The number of carbonyl (C=O) groups is 3. The van der Waals surface area contributed by atoms with E-state index in [4.69, 9.17) is 8.48 Å². The summed E-state index contributed by atoms with van der Waals surface area (Å²) in [6.07, 6.45) is 3.08. The Bertz CT molecular complexity index is 792. The van der Waals surface area contributed by atoms with Crippen molar-refractivity contribution in [3.05, 3.63) is 35.8 Å². The Balaban J connectivity index is 2.12. The molecule has 0 aromatic heterocycles. The molecule has 1 aliphatic rings. The second-order valence-electron chi connectivity index (χ2n) is 7.28. The van der Waals surface area contributed by atoms with E-state index in [1.807, 2.05) is 0 Å². The summed E-state index contributed by atoms with van der Waals surface area (Å²) in [6.45, 7) is 0.785. The second kappa shape index (κ2) is 11.5. The van der Waals surface area contributed by atoms with E-state index in [-0.39, 0.29) is 18.5 Å². The van der Waals surface area contributed by atoms with Gasteiger partial charge in [0.25, 0.3) is 0 Å². The molecule has 1 unspecified atom stereocenters. The van der Waals surface area contributed by atoms with Crippen LogP contribution in [-0.2, 0) is 20.8 Å². The first-order chi connectivity index (χ1) is 14.7. The highest BCUT2D eigenvalue weighted by molar-refractivity contribution is 5.88. The molecule has 3 atom stereocenters. The zero-order valence-corrected chi connectivity index (χ0v) is 16.5. The molecule has 0 aliphatic carbocycles. The van der Waals surface area contributed by atoms with Crippen LogP contribution in [0.5, 0.6) is 0 Å². The van der Waals surface area contributed by atoms with E-state index in [0.29, 0.717) is 57.2 Å². The smallest absolute Gasteiger partial charge is 0.326 e. The number of aliphatic carboxylic acids is 2. The summed E-state index contributed by atoms with van der Waals surface area (Å²) in [4.78, 5) is 37.8. The molecule has 0 radical (unpaired) electrons. The Kier molecular flexibility index (Phi) is 7.89. The van der Waals surface area contributed by atoms with Crippen LogP contribution < -0.4 is 11.1 Å². The summed E-state index contributed by atoms with van der Waals surface area (Å²) in [5.74, 6) is -2.56. The lowest BCUT2D eigenvalue weighted by molar-refractivity contribution is -0.149. The molecule has 160 valence electrons. The number of rotatable bonds is 12. The summed E-state index contributed by atoms with van der Waals surface area (Å²) in [5, 5.41) is 22.0. The molecule has 1 aromatic rings. The number of hydrogen-bond acceptors (Lipinski definition) is 5. The number of amides is 1. The topological polar surface area (TPSA) is 133 Å². The number of aryl methyl sites for hydroxylation is 1. The van der Waals surface area contributed by atoms with Crippen LogP contribution in [0.25, 0.3) is 0 Å². The van der Waals surface area contributed by atoms with Gasteiger partial charge in [-0.15, -0.1) is 0 Å². The van der Waals surface area contributed by atoms with Crippen molar-refractivity contribution in [3.8, 4) is 0 Å². The molecule has 1 amide bonds. The number of unbranched alkanes of at least 4 members (excludes halogenated alkanes) is 1. The maximum absolute atomic E-state index is 13.1. The van der Waals surface area contributed by atoms with Crippen LogP contribution in [0.3, 0.4) is 0 Å². The molecular weight excluding hydrogens is 374 g/mol. The predicted octanol–water partition coefficient (Wildman–Crippen LogP) is 1.24. The van der Waals surface area contributed by atoms with Gasteiger partial charge < -0.3 is 20.8 Å². The van der Waals surface area contributed by atoms with Crippen molar-refractivity contribution < 1.29 is 27.3 Å². The first-order valence-electron chi connectivity index (χ1n) is 11.0. The van der Waals surface area contributed by atoms with E-state index < -0.39 is 36.0 Å². The van der Waals surface area contributed by atoms with Gasteiger partial charge in [0.05, 0.1) is 8.78 Å². The molecule has 8 heteroatoms. The van der Waals surface area contributed by atoms with E-state index in [9.17, 15) is 24.6 Å². The van der Waals surface area contributed by atoms with Crippen molar-refractivity contribution in [2.24, 2.45) is 5.73 Å². The van der Waals surface area contributed by atoms with Gasteiger partial charge >= 0.3 is 11.9 Å². The number of hydrogen-bond donors (Lipinski definition) is 4. The number of nitrogens with two attached hydrogens (primary N) is 1. The third-order valence-corrected chi connectivity index (χ3v) is 5.19. The number of carboxylic acid groups (broad SMARTS) is 2. The summed E-state index contributed by atoms with van der Waals surface area (Å²) >= 11 is 0. The van der Waals surface area contributed by atoms with E-state index >= 15 is 0 Å². The standard InChI is InChI=1S/C21H31N3O5/c22-13-5-4-9-16(19(25)24-14-6-10-18(24)21(28)29)23-17(20(26)27)12-11-15-7-2-1-3-8-15/h1-3,7-8,16-18,23H,4-6,9-14,22H2,(H,26,27)(H,28,29)/t16?,17-,18-/m0/s1/i1T,7T. The molecule has 1 aromatic carbocycles. The first kappa shape index (κ1) is 19.8. The van der Waals surface area contributed by atoms with Crippen molar-refractivity contribution in [2.45, 2.75) is 63.1 Å². The van der Waals surface area contributed by atoms with Crippen LogP contribution in [0, 0.1) is 0 Å². The van der Waals surface area contributed by atoms with Crippen molar-refractivity contribution >= 4 is 17.8 Å². The van der Waals surface area contributed by atoms with Gasteiger partial charge in [-0.25, -0.2) is 4.79 Å². The second-order valence-corrected chi connectivity index (χ2v) is 7.28. The first-order valence-corrected chi connectivity index (χ1v) is 10.0. The zero-order valence-electron chi connectivity index (χ0n) is 18.5. The van der Waals surface area contributed by atoms with E-state index in [0.717, 1.165) is 0 Å². The van der Waals surface area contributed by atoms with Crippen molar-refractivity contribution in [3.63, 3.8) is 0 Å². The van der Waals surface area contributed by atoms with Gasteiger partial charge in [0, 0.05) is 6.54 Å². The fraction of sp³-hybridized carbons (Fsp3) is 0.571. The molecule has 0 bridgehead atoms. The summed E-state index contributed by atoms with van der Waals surface area (Å²) in [7, 11) is 0. The largest absolute Gasteiger partial charge is 0.480 e. The summed E-state index contributed by atoms with van der Waals surface area (Å²) in [5.41, 5.74) is 6.17. The van der Waals surface area contributed by atoms with Crippen molar-refractivity contribution in [2.75, 3.05) is 13.1 Å². The average molecular weight is 410 g/mol. The lowest BCUT2D eigenvalue weighted by Gasteiger charge is -2.29. The third kappa shape index (κ3) is 6.83. The normalized spacial score (nSPS) is 19.3. The molecule has 1 aliphatic heterocycles.